The van der Waals surface area contributed by atoms with Crippen molar-refractivity contribution in [3.63, 3.8) is 0 Å². The van der Waals surface area contributed by atoms with Crippen LogP contribution in [0.1, 0.15) is 71.9 Å². The van der Waals surface area contributed by atoms with E-state index in [4.69, 9.17) is 28.1 Å². The van der Waals surface area contributed by atoms with Crippen LogP contribution >= 0.6 is 0 Å². The van der Waals surface area contributed by atoms with Gasteiger partial charge in [-0.1, -0.05) is 113 Å². The number of cyclic esters (lactones) is 1. The molecule has 61 heavy (non-hydrogen) atoms. The van der Waals surface area contributed by atoms with Crippen molar-refractivity contribution in [2.45, 2.75) is 96.7 Å². The number of allylic oxidation sites excluding steroid dienone is 1. The zero-order valence-electron chi connectivity index (χ0n) is 37.2. The van der Waals surface area contributed by atoms with Crippen molar-refractivity contribution >= 4 is 24.7 Å². The molecule has 1 saturated carbocycles. The van der Waals surface area contributed by atoms with Gasteiger partial charge in [-0.3, -0.25) is 0 Å². The Bertz CT molecular complexity index is 2040. The molecular formula is C51H65NO8Si. The van der Waals surface area contributed by atoms with Gasteiger partial charge in [-0.25, -0.2) is 4.79 Å². The van der Waals surface area contributed by atoms with Crippen LogP contribution in [0, 0.1) is 17.8 Å². The molecule has 326 valence electrons. The number of carbonyl (C=O) groups excluding carboxylic acids is 1. The number of methoxy groups -OCH3 is 2. The number of carbonyl (C=O) groups is 1. The third kappa shape index (κ3) is 11.5. The van der Waals surface area contributed by atoms with Crippen molar-refractivity contribution in [2.24, 2.45) is 17.8 Å². The number of nitrogens with one attached hydrogen (secondary N) is 1. The number of hydrogen-bond donors (Lipinski definition) is 2. The van der Waals surface area contributed by atoms with Gasteiger partial charge in [0.15, 0.2) is 0 Å². The first-order chi connectivity index (χ1) is 29.2. The largest absolute Gasteiger partial charge is 0.497 e. The predicted octanol–water partition coefficient (Wildman–Crippen LogP) is 8.52. The number of benzene rings is 4. The van der Waals surface area contributed by atoms with Gasteiger partial charge in [0.05, 0.1) is 26.9 Å². The van der Waals surface area contributed by atoms with E-state index in [0.29, 0.717) is 31.2 Å². The molecule has 1 fully saturated rings. The normalized spacial score (nSPS) is 20.2. The summed E-state index contributed by atoms with van der Waals surface area (Å²) in [7, 11) is 0.518. The second kappa shape index (κ2) is 20.3. The van der Waals surface area contributed by atoms with Crippen LogP contribution in [0.2, 0.25) is 5.04 Å². The topological polar surface area (TPSA) is 105 Å². The Kier molecular flexibility index (Phi) is 15.2. The number of aliphatic hydroxyl groups excluding tert-OH is 1. The molecule has 4 aromatic rings. The summed E-state index contributed by atoms with van der Waals surface area (Å²) in [4.78, 5) is 12.3. The van der Waals surface area contributed by atoms with Gasteiger partial charge in [0, 0.05) is 50.6 Å². The minimum atomic E-state index is -2.82. The highest BCUT2D eigenvalue weighted by molar-refractivity contribution is 6.99. The monoisotopic (exact) mass is 847 g/mol. The molecular weight excluding hydrogens is 783 g/mol. The molecule has 0 radical (unpaired) electrons. The van der Waals surface area contributed by atoms with Crippen molar-refractivity contribution in [3.8, 4) is 17.2 Å². The molecule has 0 aromatic heterocycles. The summed E-state index contributed by atoms with van der Waals surface area (Å²) in [5, 5.41) is 16.6. The highest BCUT2D eigenvalue weighted by Crippen LogP contribution is 2.39. The SMILES string of the molecule is COc1ccc(CN[C@H](CO[Si](c2ccccc2)(c2ccccc2)C(C)(C)C)Cc2ccc(O[C@H](/C=C/C3=CC(=O)OC(C)(C)O3)[C@@H]3CC[C@@H](C)C[C@H]3CO)cc2)c(OC)c1. The van der Waals surface area contributed by atoms with Crippen molar-refractivity contribution in [2.75, 3.05) is 27.4 Å². The quantitative estimate of drug-likeness (QED) is 0.0754. The smallest absolute Gasteiger partial charge is 0.337 e. The maximum atomic E-state index is 12.3. The van der Waals surface area contributed by atoms with Gasteiger partial charge < -0.3 is 38.5 Å². The van der Waals surface area contributed by atoms with E-state index in [-0.39, 0.29) is 35.6 Å². The number of rotatable bonds is 18. The van der Waals surface area contributed by atoms with Crippen LogP contribution in [0.5, 0.6) is 17.2 Å². The molecule has 1 aliphatic heterocycles. The van der Waals surface area contributed by atoms with E-state index >= 15 is 0 Å². The zero-order chi connectivity index (χ0) is 43.6. The van der Waals surface area contributed by atoms with Crippen LogP contribution in [0.25, 0.3) is 0 Å². The first-order valence-corrected chi connectivity index (χ1v) is 23.5. The van der Waals surface area contributed by atoms with E-state index in [9.17, 15) is 9.90 Å². The van der Waals surface area contributed by atoms with Crippen LogP contribution in [0.4, 0.5) is 0 Å². The van der Waals surface area contributed by atoms with Crippen LogP contribution in [-0.2, 0) is 31.7 Å². The number of esters is 1. The fourth-order valence-electron chi connectivity index (χ4n) is 9.00. The molecule has 1 aliphatic carbocycles. The van der Waals surface area contributed by atoms with E-state index in [0.717, 1.165) is 47.6 Å². The Labute approximate surface area is 364 Å². The van der Waals surface area contributed by atoms with E-state index < -0.39 is 20.1 Å². The molecule has 9 nitrogen and oxygen atoms in total. The van der Waals surface area contributed by atoms with Gasteiger partial charge >= 0.3 is 5.97 Å². The second-order valence-corrected chi connectivity index (χ2v) is 22.3. The van der Waals surface area contributed by atoms with Crippen molar-refractivity contribution < 1.29 is 38.0 Å². The van der Waals surface area contributed by atoms with Crippen LogP contribution < -0.4 is 29.9 Å². The maximum Gasteiger partial charge on any atom is 0.337 e. The fourth-order valence-corrected chi connectivity index (χ4v) is 13.6. The Morgan fingerprint density at radius 3 is 2.13 bits per heavy atom. The van der Waals surface area contributed by atoms with Crippen LogP contribution in [-0.4, -0.2) is 64.8 Å². The molecule has 10 heteroatoms. The summed E-state index contributed by atoms with van der Waals surface area (Å²) >= 11 is 0. The van der Waals surface area contributed by atoms with Crippen LogP contribution in [0.3, 0.4) is 0 Å². The van der Waals surface area contributed by atoms with Gasteiger partial charge in [-0.15, -0.1) is 0 Å². The third-order valence-corrected chi connectivity index (χ3v) is 17.1. The maximum absolute atomic E-state index is 12.3. The van der Waals surface area contributed by atoms with Crippen LogP contribution in [0.15, 0.2) is 127 Å². The van der Waals surface area contributed by atoms with Gasteiger partial charge in [-0.05, 0) is 82.4 Å². The summed E-state index contributed by atoms with van der Waals surface area (Å²) in [6.45, 7) is 13.7. The van der Waals surface area contributed by atoms with Crippen molar-refractivity contribution in [3.05, 3.63) is 138 Å². The summed E-state index contributed by atoms with van der Waals surface area (Å²) in [6, 6.07) is 35.6. The number of hydrogen-bond acceptors (Lipinski definition) is 9. The highest BCUT2D eigenvalue weighted by Gasteiger charge is 2.50. The summed E-state index contributed by atoms with van der Waals surface area (Å²) in [5.41, 5.74) is 2.15. The molecule has 2 N–H and O–H groups in total. The molecule has 0 amide bonds. The lowest BCUT2D eigenvalue weighted by Crippen LogP contribution is -2.67. The predicted molar refractivity (Wildman–Crippen MR) is 244 cm³/mol. The van der Waals surface area contributed by atoms with E-state index in [1.165, 1.54) is 16.4 Å². The molecule has 4 aromatic carbocycles. The number of ether oxygens (including phenoxy) is 5. The second-order valence-electron chi connectivity index (χ2n) is 18.0. The van der Waals surface area contributed by atoms with E-state index in [1.54, 1.807) is 34.1 Å². The van der Waals surface area contributed by atoms with Crippen molar-refractivity contribution in [1.82, 2.24) is 5.32 Å². The van der Waals surface area contributed by atoms with Gasteiger partial charge in [0.25, 0.3) is 8.32 Å². The lowest BCUT2D eigenvalue weighted by Gasteiger charge is -2.43. The summed E-state index contributed by atoms with van der Waals surface area (Å²) in [5.74, 6) is 1.84. The summed E-state index contributed by atoms with van der Waals surface area (Å²) < 4.78 is 36.7. The Balaban J connectivity index is 1.28. The average molecular weight is 848 g/mol. The standard InChI is InChI=1S/C51H65NO8Si/c1-36-19-27-46(39(29-36)34-53)47(28-26-43-32-49(54)60-51(5,6)59-43)58-41-23-20-37(21-24-41)30-40(52-33-38-22-25-42(55-7)31-48(38)56-8)35-57-61(50(2,3)4,44-15-11-9-12-16-44)45-17-13-10-14-18-45/h9-18,20-26,28,31-32,36,39-40,46-47,52-53H,19,27,29-30,33-35H2,1-8H3/b28-26+/t36-,39+,40+,46-,47-/m1/s1. The summed E-state index contributed by atoms with van der Waals surface area (Å²) in [6.07, 6.45) is 8.37. The van der Waals surface area contributed by atoms with E-state index in [2.05, 4.69) is 106 Å². The molecule has 5 atom stereocenters. The Morgan fingerprint density at radius 1 is 0.885 bits per heavy atom. The van der Waals surface area contributed by atoms with Gasteiger partial charge in [-0.2, -0.15) is 0 Å². The van der Waals surface area contributed by atoms with Gasteiger partial charge in [0.2, 0.25) is 5.79 Å². The van der Waals surface area contributed by atoms with E-state index in [1.807, 2.05) is 36.4 Å². The lowest BCUT2D eigenvalue weighted by atomic mass is 9.72. The minimum absolute atomic E-state index is 0.0647. The molecule has 2 aliphatic rings. The number of aliphatic hydroxyl groups is 1. The Hall–Kier alpha value is -4.87. The lowest BCUT2D eigenvalue weighted by molar-refractivity contribution is -0.203. The average Bonchev–Trinajstić information content (AvgIpc) is 3.24. The first-order valence-electron chi connectivity index (χ1n) is 21.6. The minimum Gasteiger partial charge on any atom is -0.497 e. The molecule has 0 unspecified atom stereocenters. The molecule has 0 spiro atoms. The molecule has 6 rings (SSSR count). The first kappa shape index (κ1) is 45.6. The molecule has 0 bridgehead atoms. The Morgan fingerprint density at radius 2 is 1.54 bits per heavy atom. The molecule has 1 heterocycles. The third-order valence-electron chi connectivity index (χ3n) is 12.1. The zero-order valence-corrected chi connectivity index (χ0v) is 38.2. The van der Waals surface area contributed by atoms with Crippen molar-refractivity contribution in [1.29, 1.82) is 0 Å². The van der Waals surface area contributed by atoms with Gasteiger partial charge in [0.1, 0.15) is 29.1 Å². The fraction of sp³-hybridized carbons (Fsp3) is 0.431. The molecule has 0 saturated heterocycles. The highest BCUT2D eigenvalue weighted by atomic mass is 28.4.